The van der Waals surface area contributed by atoms with Crippen LogP contribution in [0.25, 0.3) is 0 Å². The third-order valence-electron chi connectivity index (χ3n) is 6.48. The molecular formula is C27H26N2O4S. The van der Waals surface area contributed by atoms with Gasteiger partial charge in [-0.3, -0.25) is 14.6 Å². The number of para-hydroxylation sites is 2. The number of rotatable bonds is 4. The molecule has 2 aliphatic rings. The molecule has 7 heteroatoms. The van der Waals surface area contributed by atoms with Crippen LogP contribution in [0.2, 0.25) is 0 Å². The fourth-order valence-corrected chi connectivity index (χ4v) is 5.44. The zero-order chi connectivity index (χ0) is 24.0. The van der Waals surface area contributed by atoms with E-state index >= 15 is 0 Å². The van der Waals surface area contributed by atoms with Gasteiger partial charge in [0.05, 0.1) is 25.8 Å². The molecule has 2 heterocycles. The number of aryl methyl sites for hydroxylation is 1. The summed E-state index contributed by atoms with van der Waals surface area (Å²) in [6, 6.07) is 20.7. The summed E-state index contributed by atoms with van der Waals surface area (Å²) in [5, 5.41) is 0.383. The number of carbonyl (C=O) groups excluding carboxylic acids is 1. The zero-order valence-electron chi connectivity index (χ0n) is 19.6. The molecule has 2 atom stereocenters. The van der Waals surface area contributed by atoms with Crippen molar-refractivity contribution in [2.75, 3.05) is 19.1 Å². The lowest BCUT2D eigenvalue weighted by Gasteiger charge is -2.55. The topological polar surface area (TPSA) is 51.2 Å². The van der Waals surface area contributed by atoms with Crippen LogP contribution in [0.3, 0.4) is 0 Å². The van der Waals surface area contributed by atoms with E-state index in [4.69, 9.17) is 26.4 Å². The van der Waals surface area contributed by atoms with Crippen molar-refractivity contribution in [3.8, 4) is 17.2 Å². The standard InChI is InChI=1S/C27H26N2O4S/c1-17-9-7-10-18(15-17)29-26(34)28(25(30)20-11-5-6-13-22(20)31-3)21-16-27(29,2)33-24-19(21)12-8-14-23(24)32-4/h5-15,21H,16H2,1-4H3/t21-,27-/m0/s1. The average molecular weight is 475 g/mol. The predicted molar refractivity (Wildman–Crippen MR) is 135 cm³/mol. The molecule has 1 saturated heterocycles. The SMILES string of the molecule is COc1ccccc1C(=O)N1C(=S)N(c2cccc(C)c2)[C@]2(C)C[C@H]1c1cccc(OC)c1O2. The summed E-state index contributed by atoms with van der Waals surface area (Å²) in [7, 11) is 3.18. The first kappa shape index (κ1) is 22.2. The molecule has 0 radical (unpaired) electrons. The molecule has 2 bridgehead atoms. The van der Waals surface area contributed by atoms with Crippen molar-refractivity contribution < 1.29 is 19.0 Å². The molecule has 0 saturated carbocycles. The van der Waals surface area contributed by atoms with Gasteiger partial charge in [-0.25, -0.2) is 0 Å². The van der Waals surface area contributed by atoms with Crippen LogP contribution in [-0.4, -0.2) is 35.9 Å². The second-order valence-electron chi connectivity index (χ2n) is 8.71. The molecule has 0 unspecified atom stereocenters. The van der Waals surface area contributed by atoms with E-state index in [9.17, 15) is 4.79 Å². The Morgan fingerprint density at radius 2 is 1.74 bits per heavy atom. The first-order chi connectivity index (χ1) is 16.4. The number of hydrogen-bond donors (Lipinski definition) is 0. The van der Waals surface area contributed by atoms with Gasteiger partial charge >= 0.3 is 0 Å². The first-order valence-corrected chi connectivity index (χ1v) is 11.5. The Bertz CT molecular complexity index is 1290. The number of ether oxygens (including phenoxy) is 3. The summed E-state index contributed by atoms with van der Waals surface area (Å²) in [5.41, 5.74) is 2.46. The molecule has 0 N–H and O–H groups in total. The number of thiocarbonyl (C=S) groups is 1. The van der Waals surface area contributed by atoms with Gasteiger partial charge in [-0.15, -0.1) is 0 Å². The van der Waals surface area contributed by atoms with Crippen LogP contribution < -0.4 is 19.1 Å². The molecule has 0 aliphatic carbocycles. The second kappa shape index (κ2) is 8.33. The number of fused-ring (bicyclic) bond motifs is 4. The van der Waals surface area contributed by atoms with Crippen molar-refractivity contribution in [3.05, 3.63) is 83.4 Å². The van der Waals surface area contributed by atoms with E-state index in [0.29, 0.717) is 34.3 Å². The zero-order valence-corrected chi connectivity index (χ0v) is 20.4. The average Bonchev–Trinajstić information content (AvgIpc) is 2.83. The van der Waals surface area contributed by atoms with Crippen molar-refractivity contribution >= 4 is 28.9 Å². The second-order valence-corrected chi connectivity index (χ2v) is 9.07. The summed E-state index contributed by atoms with van der Waals surface area (Å²) in [6.07, 6.45) is 0.530. The van der Waals surface area contributed by atoms with Gasteiger partial charge in [0.15, 0.2) is 22.3 Å². The number of amides is 1. The maximum absolute atomic E-state index is 14.1. The van der Waals surface area contributed by atoms with E-state index in [0.717, 1.165) is 16.8 Å². The van der Waals surface area contributed by atoms with Gasteiger partial charge in [0.1, 0.15) is 5.75 Å². The molecule has 3 aromatic carbocycles. The fraction of sp³-hybridized carbons (Fsp3) is 0.259. The predicted octanol–water partition coefficient (Wildman–Crippen LogP) is 5.50. The van der Waals surface area contributed by atoms with Crippen molar-refractivity contribution in [2.24, 2.45) is 0 Å². The lowest BCUT2D eigenvalue weighted by atomic mass is 9.88. The van der Waals surface area contributed by atoms with Crippen LogP contribution in [0.1, 0.15) is 40.9 Å². The van der Waals surface area contributed by atoms with Gasteiger partial charge in [-0.1, -0.05) is 36.4 Å². The van der Waals surface area contributed by atoms with Crippen molar-refractivity contribution in [3.63, 3.8) is 0 Å². The Labute approximate surface area is 204 Å². The molecule has 6 nitrogen and oxygen atoms in total. The molecule has 1 amide bonds. The molecule has 3 aromatic rings. The molecule has 34 heavy (non-hydrogen) atoms. The molecular weight excluding hydrogens is 448 g/mol. The van der Waals surface area contributed by atoms with Crippen LogP contribution in [0.4, 0.5) is 5.69 Å². The van der Waals surface area contributed by atoms with Crippen molar-refractivity contribution in [1.29, 1.82) is 0 Å². The Morgan fingerprint density at radius 3 is 2.47 bits per heavy atom. The minimum atomic E-state index is -0.811. The monoisotopic (exact) mass is 474 g/mol. The van der Waals surface area contributed by atoms with Crippen LogP contribution in [0, 0.1) is 6.92 Å². The maximum atomic E-state index is 14.1. The smallest absolute Gasteiger partial charge is 0.264 e. The number of nitrogens with zero attached hydrogens (tertiary/aromatic N) is 2. The lowest BCUT2D eigenvalue weighted by molar-refractivity contribution is 0.0161. The van der Waals surface area contributed by atoms with E-state index in [-0.39, 0.29) is 11.9 Å². The summed E-state index contributed by atoms with van der Waals surface area (Å²) >= 11 is 6.03. The minimum Gasteiger partial charge on any atom is -0.496 e. The third kappa shape index (κ3) is 3.39. The highest BCUT2D eigenvalue weighted by Gasteiger charge is 2.54. The molecule has 5 rings (SSSR count). The lowest BCUT2D eigenvalue weighted by Crippen LogP contribution is -2.67. The summed E-state index contributed by atoms with van der Waals surface area (Å²) in [4.78, 5) is 17.7. The highest BCUT2D eigenvalue weighted by Crippen LogP contribution is 2.52. The highest BCUT2D eigenvalue weighted by molar-refractivity contribution is 7.80. The Morgan fingerprint density at radius 1 is 1.03 bits per heavy atom. The van der Waals surface area contributed by atoms with Crippen molar-refractivity contribution in [1.82, 2.24) is 4.90 Å². The molecule has 2 aliphatic heterocycles. The van der Waals surface area contributed by atoms with Crippen LogP contribution >= 0.6 is 12.2 Å². The largest absolute Gasteiger partial charge is 0.496 e. The van der Waals surface area contributed by atoms with Crippen LogP contribution in [0.15, 0.2) is 66.7 Å². The number of carbonyl (C=O) groups is 1. The fourth-order valence-electron chi connectivity index (χ4n) is 4.94. The number of methoxy groups -OCH3 is 2. The Balaban J connectivity index is 1.72. The van der Waals surface area contributed by atoms with Gasteiger partial charge in [0.25, 0.3) is 5.91 Å². The summed E-state index contributed by atoms with van der Waals surface area (Å²) < 4.78 is 17.7. The Hall–Kier alpha value is -3.58. The van der Waals surface area contributed by atoms with Gasteiger partial charge in [0, 0.05) is 17.7 Å². The normalized spacial score (nSPS) is 20.9. The van der Waals surface area contributed by atoms with E-state index in [1.165, 1.54) is 0 Å². The van der Waals surface area contributed by atoms with E-state index in [1.807, 2.05) is 73.3 Å². The van der Waals surface area contributed by atoms with Crippen LogP contribution in [-0.2, 0) is 0 Å². The van der Waals surface area contributed by atoms with E-state index in [2.05, 4.69) is 0 Å². The minimum absolute atomic E-state index is 0.220. The maximum Gasteiger partial charge on any atom is 0.264 e. The number of benzene rings is 3. The van der Waals surface area contributed by atoms with E-state index < -0.39 is 5.72 Å². The molecule has 1 fully saturated rings. The van der Waals surface area contributed by atoms with Gasteiger partial charge in [0.2, 0.25) is 0 Å². The quantitative estimate of drug-likeness (QED) is 0.466. The van der Waals surface area contributed by atoms with E-state index in [1.54, 1.807) is 31.3 Å². The summed E-state index contributed by atoms with van der Waals surface area (Å²) in [5.74, 6) is 1.53. The van der Waals surface area contributed by atoms with Gasteiger partial charge < -0.3 is 14.2 Å². The van der Waals surface area contributed by atoms with Crippen molar-refractivity contribution in [2.45, 2.75) is 32.0 Å². The summed E-state index contributed by atoms with van der Waals surface area (Å²) in [6.45, 7) is 4.04. The van der Waals surface area contributed by atoms with Gasteiger partial charge in [-0.05, 0) is 62.0 Å². The van der Waals surface area contributed by atoms with Gasteiger partial charge in [-0.2, -0.15) is 0 Å². The highest BCUT2D eigenvalue weighted by atomic mass is 32.1. The first-order valence-electron chi connectivity index (χ1n) is 11.1. The molecule has 174 valence electrons. The molecule has 0 aromatic heterocycles. The molecule has 0 spiro atoms. The third-order valence-corrected chi connectivity index (χ3v) is 6.86. The Kier molecular flexibility index (Phi) is 5.44. The number of hydrogen-bond acceptors (Lipinski definition) is 5. The number of anilines is 1. The van der Waals surface area contributed by atoms with Crippen LogP contribution in [0.5, 0.6) is 17.2 Å².